The number of halogens is 1. The van der Waals surface area contributed by atoms with Crippen LogP contribution in [0.4, 0.5) is 11.4 Å². The molecular weight excluding hydrogens is 314 g/mol. The molecule has 112 valence electrons. The molecule has 1 aromatic carbocycles. The van der Waals surface area contributed by atoms with Gasteiger partial charge < -0.3 is 10.5 Å². The molecule has 0 unspecified atom stereocenters. The first-order valence-electron chi connectivity index (χ1n) is 6.09. The van der Waals surface area contributed by atoms with Gasteiger partial charge >= 0.3 is 0 Å². The number of nitrogens with zero attached hydrogens (tertiary/aromatic N) is 1. The average molecular weight is 328 g/mol. The van der Waals surface area contributed by atoms with Gasteiger partial charge in [-0.15, -0.1) is 0 Å². The summed E-state index contributed by atoms with van der Waals surface area (Å²) in [5.74, 6) is 0.427. The molecule has 1 aromatic heterocycles. The zero-order valence-corrected chi connectivity index (χ0v) is 12.8. The van der Waals surface area contributed by atoms with E-state index in [1.54, 1.807) is 12.1 Å². The third-order valence-corrected chi connectivity index (χ3v) is 4.28. The molecule has 0 fully saturated rings. The predicted octanol–water partition coefficient (Wildman–Crippen LogP) is 2.52. The number of nitrogens with two attached hydrogens (primary N) is 1. The van der Waals surface area contributed by atoms with E-state index in [1.165, 1.54) is 24.4 Å². The topological polar surface area (TPSA) is 94.3 Å². The van der Waals surface area contributed by atoms with Crippen molar-refractivity contribution in [3.8, 4) is 5.88 Å². The van der Waals surface area contributed by atoms with E-state index in [0.29, 0.717) is 23.2 Å². The second-order valence-electron chi connectivity index (χ2n) is 4.11. The van der Waals surface area contributed by atoms with Gasteiger partial charge in [-0.2, -0.15) is 0 Å². The summed E-state index contributed by atoms with van der Waals surface area (Å²) in [6.07, 6.45) is 1.38. The Bertz CT molecular complexity index is 733. The molecule has 0 atom stereocenters. The molecule has 0 aliphatic heterocycles. The van der Waals surface area contributed by atoms with Crippen molar-refractivity contribution in [2.24, 2.45) is 0 Å². The molecule has 2 aromatic rings. The zero-order chi connectivity index (χ0) is 15.5. The number of sulfonamides is 1. The second-order valence-corrected chi connectivity index (χ2v) is 6.20. The van der Waals surface area contributed by atoms with Crippen LogP contribution in [0.2, 0.25) is 5.02 Å². The van der Waals surface area contributed by atoms with Crippen LogP contribution < -0.4 is 15.2 Å². The summed E-state index contributed by atoms with van der Waals surface area (Å²) in [6, 6.07) is 7.25. The van der Waals surface area contributed by atoms with E-state index in [0.717, 1.165) is 0 Å². The van der Waals surface area contributed by atoms with Crippen LogP contribution >= 0.6 is 11.6 Å². The van der Waals surface area contributed by atoms with Gasteiger partial charge in [-0.05, 0) is 31.2 Å². The van der Waals surface area contributed by atoms with E-state index >= 15 is 0 Å². The average Bonchev–Trinajstić information content (AvgIpc) is 2.44. The normalized spacial score (nSPS) is 11.1. The summed E-state index contributed by atoms with van der Waals surface area (Å²) in [6.45, 7) is 2.32. The highest BCUT2D eigenvalue weighted by Gasteiger charge is 2.15. The third kappa shape index (κ3) is 3.77. The second kappa shape index (κ2) is 6.19. The Morgan fingerprint density at radius 3 is 2.67 bits per heavy atom. The van der Waals surface area contributed by atoms with E-state index in [1.807, 2.05) is 6.92 Å². The highest BCUT2D eigenvalue weighted by Crippen LogP contribution is 2.24. The number of hydrogen-bond donors (Lipinski definition) is 2. The van der Waals surface area contributed by atoms with Gasteiger partial charge in [-0.25, -0.2) is 13.4 Å². The van der Waals surface area contributed by atoms with Crippen LogP contribution in [0.25, 0.3) is 0 Å². The van der Waals surface area contributed by atoms with E-state index < -0.39 is 10.0 Å². The maximum atomic E-state index is 12.2. The summed E-state index contributed by atoms with van der Waals surface area (Å²) in [5, 5.41) is 0.302. The van der Waals surface area contributed by atoms with Gasteiger partial charge in [0.15, 0.2) is 0 Å². The van der Waals surface area contributed by atoms with Gasteiger partial charge in [0.05, 0.1) is 34.1 Å². The maximum Gasteiger partial charge on any atom is 0.262 e. The number of rotatable bonds is 5. The number of pyridine rings is 1. The molecule has 21 heavy (non-hydrogen) atoms. The van der Waals surface area contributed by atoms with Crippen molar-refractivity contribution in [3.05, 3.63) is 41.6 Å². The molecule has 0 aliphatic rings. The monoisotopic (exact) mass is 327 g/mol. The van der Waals surface area contributed by atoms with Crippen LogP contribution in [0.1, 0.15) is 6.92 Å². The Morgan fingerprint density at radius 1 is 1.33 bits per heavy atom. The molecule has 0 spiro atoms. The minimum atomic E-state index is -3.75. The molecule has 0 aliphatic carbocycles. The Labute approximate surface area is 128 Å². The van der Waals surface area contributed by atoms with Gasteiger partial charge in [0.25, 0.3) is 10.0 Å². The predicted molar refractivity (Wildman–Crippen MR) is 82.1 cm³/mol. The number of nitrogens with one attached hydrogen (secondary N) is 1. The van der Waals surface area contributed by atoms with Gasteiger partial charge in [-0.1, -0.05) is 11.6 Å². The number of ether oxygens (including phenoxy) is 1. The Kier molecular flexibility index (Phi) is 4.54. The largest absolute Gasteiger partial charge is 0.478 e. The molecule has 8 heteroatoms. The first-order chi connectivity index (χ1) is 9.92. The molecule has 3 N–H and O–H groups in total. The SMILES string of the molecule is CCOc1ccc(NS(=O)(=O)c2ccc(Cl)c(N)c2)cn1. The lowest BCUT2D eigenvalue weighted by molar-refractivity contribution is 0.327. The van der Waals surface area contributed by atoms with E-state index in [9.17, 15) is 8.42 Å². The molecular formula is C13H14ClN3O3S. The van der Waals surface area contributed by atoms with E-state index in [-0.39, 0.29) is 10.6 Å². The first kappa shape index (κ1) is 15.4. The highest BCUT2D eigenvalue weighted by molar-refractivity contribution is 7.92. The zero-order valence-electron chi connectivity index (χ0n) is 11.2. The van der Waals surface area contributed by atoms with Crippen molar-refractivity contribution in [1.82, 2.24) is 4.98 Å². The van der Waals surface area contributed by atoms with Gasteiger partial charge in [0.1, 0.15) is 0 Å². The minimum absolute atomic E-state index is 0.0262. The Hall–Kier alpha value is -1.99. The van der Waals surface area contributed by atoms with Crippen LogP contribution in [0.5, 0.6) is 5.88 Å². The Morgan fingerprint density at radius 2 is 2.10 bits per heavy atom. The van der Waals surface area contributed by atoms with E-state index in [2.05, 4.69) is 9.71 Å². The lowest BCUT2D eigenvalue weighted by Gasteiger charge is -2.09. The number of benzene rings is 1. The first-order valence-corrected chi connectivity index (χ1v) is 7.95. The fourth-order valence-electron chi connectivity index (χ4n) is 1.58. The third-order valence-electron chi connectivity index (χ3n) is 2.56. The highest BCUT2D eigenvalue weighted by atomic mass is 35.5. The number of anilines is 2. The summed E-state index contributed by atoms with van der Waals surface area (Å²) in [5.41, 5.74) is 6.14. The number of hydrogen-bond acceptors (Lipinski definition) is 5. The van der Waals surface area contributed by atoms with Gasteiger partial charge in [0, 0.05) is 6.07 Å². The van der Waals surface area contributed by atoms with Crippen LogP contribution in [0, 0.1) is 0 Å². The molecule has 0 radical (unpaired) electrons. The summed E-state index contributed by atoms with van der Waals surface area (Å²) in [7, 11) is -3.75. The van der Waals surface area contributed by atoms with Crippen molar-refractivity contribution >= 4 is 33.0 Å². The van der Waals surface area contributed by atoms with Crippen molar-refractivity contribution in [3.63, 3.8) is 0 Å². The fraction of sp³-hybridized carbons (Fsp3) is 0.154. The van der Waals surface area contributed by atoms with Crippen LogP contribution in [0.3, 0.4) is 0 Å². The maximum absolute atomic E-state index is 12.2. The number of nitrogen functional groups attached to an aromatic ring is 1. The van der Waals surface area contributed by atoms with Crippen LogP contribution in [0.15, 0.2) is 41.4 Å². The lowest BCUT2D eigenvalue weighted by atomic mass is 10.3. The van der Waals surface area contributed by atoms with Crippen LogP contribution in [-0.4, -0.2) is 20.0 Å². The van der Waals surface area contributed by atoms with Crippen LogP contribution in [-0.2, 0) is 10.0 Å². The number of aromatic nitrogens is 1. The smallest absolute Gasteiger partial charge is 0.262 e. The minimum Gasteiger partial charge on any atom is -0.478 e. The van der Waals surface area contributed by atoms with E-state index in [4.69, 9.17) is 22.1 Å². The summed E-state index contributed by atoms with van der Waals surface area (Å²) in [4.78, 5) is 4.01. The lowest BCUT2D eigenvalue weighted by Crippen LogP contribution is -2.13. The van der Waals surface area contributed by atoms with Crippen molar-refractivity contribution in [2.75, 3.05) is 17.1 Å². The van der Waals surface area contributed by atoms with Gasteiger partial charge in [-0.3, -0.25) is 4.72 Å². The molecule has 0 saturated carbocycles. The van der Waals surface area contributed by atoms with Crippen molar-refractivity contribution in [1.29, 1.82) is 0 Å². The summed E-state index contributed by atoms with van der Waals surface area (Å²) >= 11 is 5.77. The molecule has 0 bridgehead atoms. The quantitative estimate of drug-likeness (QED) is 0.823. The fourth-order valence-corrected chi connectivity index (χ4v) is 2.77. The van der Waals surface area contributed by atoms with Crippen molar-refractivity contribution in [2.45, 2.75) is 11.8 Å². The standard InChI is InChI=1S/C13H14ClN3O3S/c1-2-20-13-6-3-9(8-16-13)17-21(18,19)10-4-5-11(14)12(15)7-10/h3-8,17H,2,15H2,1H3. The van der Waals surface area contributed by atoms with Gasteiger partial charge in [0.2, 0.25) is 5.88 Å². The van der Waals surface area contributed by atoms with Crippen molar-refractivity contribution < 1.29 is 13.2 Å². The Balaban J connectivity index is 2.22. The molecule has 0 amide bonds. The molecule has 6 nitrogen and oxygen atoms in total. The molecule has 2 rings (SSSR count). The molecule has 0 saturated heterocycles. The molecule has 1 heterocycles. The summed E-state index contributed by atoms with van der Waals surface area (Å²) < 4.78 is 32.0.